The van der Waals surface area contributed by atoms with Crippen molar-refractivity contribution in [3.63, 3.8) is 0 Å². The van der Waals surface area contributed by atoms with Crippen LogP contribution in [0.15, 0.2) is 18.2 Å². The van der Waals surface area contributed by atoms with Crippen molar-refractivity contribution in [1.82, 2.24) is 4.98 Å². The first-order valence-corrected chi connectivity index (χ1v) is 5.60. The summed E-state index contributed by atoms with van der Waals surface area (Å²) in [5, 5.41) is 0. The standard InChI is InChI=1S/C9H9NO3S/c1-3-8-5-4-6-9(10-8)7-13-14(2,11)12/h1,4-6H,7H2,2H3. The highest BCUT2D eigenvalue weighted by atomic mass is 32.2. The lowest BCUT2D eigenvalue weighted by molar-refractivity contribution is 0.307. The quantitative estimate of drug-likeness (QED) is 0.541. The predicted molar refractivity (Wildman–Crippen MR) is 51.8 cm³/mol. The third-order valence-electron chi connectivity index (χ3n) is 1.38. The third kappa shape index (κ3) is 3.56. The number of rotatable bonds is 3. The number of nitrogens with zero attached hydrogens (tertiary/aromatic N) is 1. The summed E-state index contributed by atoms with van der Waals surface area (Å²) in [6.45, 7) is -0.0889. The zero-order valence-corrected chi connectivity index (χ0v) is 8.41. The number of hydrogen-bond donors (Lipinski definition) is 0. The van der Waals surface area contributed by atoms with Crippen LogP contribution in [-0.4, -0.2) is 19.7 Å². The maximum absolute atomic E-state index is 10.7. The molecule has 0 amide bonds. The lowest BCUT2D eigenvalue weighted by Gasteiger charge is -2.00. The number of hydrogen-bond acceptors (Lipinski definition) is 4. The van der Waals surface area contributed by atoms with E-state index in [1.807, 2.05) is 0 Å². The van der Waals surface area contributed by atoms with Gasteiger partial charge in [0, 0.05) is 0 Å². The van der Waals surface area contributed by atoms with Gasteiger partial charge >= 0.3 is 0 Å². The topological polar surface area (TPSA) is 56.3 Å². The molecule has 74 valence electrons. The fourth-order valence-corrected chi connectivity index (χ4v) is 1.14. The van der Waals surface area contributed by atoms with Crippen LogP contribution in [0.5, 0.6) is 0 Å². The van der Waals surface area contributed by atoms with Gasteiger partial charge in [0.15, 0.2) is 0 Å². The minimum absolute atomic E-state index is 0.0889. The lowest BCUT2D eigenvalue weighted by Crippen LogP contribution is -2.04. The van der Waals surface area contributed by atoms with Gasteiger partial charge in [-0.05, 0) is 12.1 Å². The second-order valence-electron chi connectivity index (χ2n) is 2.62. The van der Waals surface area contributed by atoms with Crippen LogP contribution in [0, 0.1) is 12.3 Å². The van der Waals surface area contributed by atoms with Gasteiger partial charge in [0.25, 0.3) is 10.1 Å². The molecule has 5 heteroatoms. The van der Waals surface area contributed by atoms with E-state index in [0.29, 0.717) is 11.4 Å². The molecule has 1 aromatic heterocycles. The highest BCUT2D eigenvalue weighted by Gasteiger charge is 2.03. The Labute approximate surface area is 83.1 Å². The van der Waals surface area contributed by atoms with Crippen LogP contribution in [0.25, 0.3) is 0 Å². The first kappa shape index (κ1) is 10.7. The molecule has 1 rings (SSSR count). The summed E-state index contributed by atoms with van der Waals surface area (Å²) in [4.78, 5) is 3.97. The molecule has 0 saturated heterocycles. The zero-order valence-electron chi connectivity index (χ0n) is 7.60. The van der Waals surface area contributed by atoms with Crippen LogP contribution in [0.4, 0.5) is 0 Å². The van der Waals surface area contributed by atoms with E-state index in [2.05, 4.69) is 15.1 Å². The molecule has 0 N–H and O–H groups in total. The van der Waals surface area contributed by atoms with E-state index in [-0.39, 0.29) is 6.61 Å². The Kier molecular flexibility index (Phi) is 3.23. The monoisotopic (exact) mass is 211 g/mol. The van der Waals surface area contributed by atoms with Crippen molar-refractivity contribution in [3.05, 3.63) is 29.6 Å². The summed E-state index contributed by atoms with van der Waals surface area (Å²) in [5.41, 5.74) is 0.950. The highest BCUT2D eigenvalue weighted by molar-refractivity contribution is 7.85. The molecular weight excluding hydrogens is 202 g/mol. The summed E-state index contributed by atoms with van der Waals surface area (Å²) in [5.74, 6) is 2.35. The van der Waals surface area contributed by atoms with E-state index >= 15 is 0 Å². The van der Waals surface area contributed by atoms with Crippen LogP contribution < -0.4 is 0 Å². The fourth-order valence-electron chi connectivity index (χ4n) is 0.808. The molecular formula is C9H9NO3S. The molecule has 0 atom stereocenters. The molecule has 0 fully saturated rings. The van der Waals surface area contributed by atoms with E-state index in [0.717, 1.165) is 6.26 Å². The van der Waals surface area contributed by atoms with Gasteiger partial charge in [-0.2, -0.15) is 8.42 Å². The molecule has 1 heterocycles. The molecule has 14 heavy (non-hydrogen) atoms. The van der Waals surface area contributed by atoms with Gasteiger partial charge in [-0.25, -0.2) is 4.98 Å². The Morgan fingerprint density at radius 2 is 2.29 bits per heavy atom. The molecule has 0 aliphatic heterocycles. The van der Waals surface area contributed by atoms with Gasteiger partial charge in [0.1, 0.15) is 12.3 Å². The van der Waals surface area contributed by atoms with E-state index in [1.54, 1.807) is 18.2 Å². The van der Waals surface area contributed by atoms with Crippen molar-refractivity contribution < 1.29 is 12.6 Å². The van der Waals surface area contributed by atoms with Crippen LogP contribution in [0.2, 0.25) is 0 Å². The highest BCUT2D eigenvalue weighted by Crippen LogP contribution is 2.01. The Balaban J connectivity index is 2.74. The second-order valence-corrected chi connectivity index (χ2v) is 4.27. The SMILES string of the molecule is C#Cc1cccc(COS(C)(=O)=O)n1. The summed E-state index contributed by atoms with van der Waals surface area (Å²) < 4.78 is 25.9. The Morgan fingerprint density at radius 1 is 1.57 bits per heavy atom. The Morgan fingerprint density at radius 3 is 2.86 bits per heavy atom. The van der Waals surface area contributed by atoms with Crippen molar-refractivity contribution in [1.29, 1.82) is 0 Å². The van der Waals surface area contributed by atoms with E-state index in [1.165, 1.54) is 0 Å². The van der Waals surface area contributed by atoms with E-state index in [4.69, 9.17) is 6.42 Å². The molecule has 0 aliphatic rings. The van der Waals surface area contributed by atoms with Gasteiger partial charge in [0.05, 0.1) is 11.9 Å². The lowest BCUT2D eigenvalue weighted by atomic mass is 10.3. The molecule has 0 radical (unpaired) electrons. The van der Waals surface area contributed by atoms with Crippen molar-refractivity contribution >= 4 is 10.1 Å². The maximum atomic E-state index is 10.7. The van der Waals surface area contributed by atoms with Gasteiger partial charge < -0.3 is 0 Å². The molecule has 1 aromatic rings. The average molecular weight is 211 g/mol. The number of aromatic nitrogens is 1. The largest absolute Gasteiger partial charge is 0.264 e. The van der Waals surface area contributed by atoms with Crippen LogP contribution in [0.1, 0.15) is 11.4 Å². The first-order valence-electron chi connectivity index (χ1n) is 3.78. The summed E-state index contributed by atoms with van der Waals surface area (Å²) in [6, 6.07) is 5.00. The summed E-state index contributed by atoms with van der Waals surface area (Å²) in [7, 11) is -3.43. The molecule has 0 unspecified atom stereocenters. The number of terminal acetylenes is 1. The molecule has 0 aromatic carbocycles. The van der Waals surface area contributed by atoms with Gasteiger partial charge in [-0.1, -0.05) is 12.0 Å². The van der Waals surface area contributed by atoms with Crippen LogP contribution in [-0.2, 0) is 20.9 Å². The van der Waals surface area contributed by atoms with Gasteiger partial charge in [-0.3, -0.25) is 4.18 Å². The fraction of sp³-hybridized carbons (Fsp3) is 0.222. The van der Waals surface area contributed by atoms with Gasteiger partial charge in [-0.15, -0.1) is 6.42 Å². The average Bonchev–Trinajstić information content (AvgIpc) is 2.14. The second kappa shape index (κ2) is 4.22. The summed E-state index contributed by atoms with van der Waals surface area (Å²) >= 11 is 0. The Bertz CT molecular complexity index is 459. The molecule has 0 saturated carbocycles. The molecule has 0 spiro atoms. The molecule has 4 nitrogen and oxygen atoms in total. The van der Waals surface area contributed by atoms with Crippen molar-refractivity contribution in [2.24, 2.45) is 0 Å². The Hall–Kier alpha value is -1.38. The minimum Gasteiger partial charge on any atom is -0.264 e. The third-order valence-corrected chi connectivity index (χ3v) is 1.92. The summed E-state index contributed by atoms with van der Waals surface area (Å²) in [6.07, 6.45) is 6.11. The van der Waals surface area contributed by atoms with Crippen LogP contribution >= 0.6 is 0 Å². The predicted octanol–water partition coefficient (Wildman–Crippen LogP) is 0.539. The van der Waals surface area contributed by atoms with Crippen LogP contribution in [0.3, 0.4) is 0 Å². The molecule has 0 aliphatic carbocycles. The van der Waals surface area contributed by atoms with Crippen molar-refractivity contribution in [2.75, 3.05) is 6.26 Å². The number of pyridine rings is 1. The normalized spacial score (nSPS) is 10.9. The van der Waals surface area contributed by atoms with E-state index < -0.39 is 10.1 Å². The maximum Gasteiger partial charge on any atom is 0.264 e. The van der Waals surface area contributed by atoms with E-state index in [9.17, 15) is 8.42 Å². The van der Waals surface area contributed by atoms with Gasteiger partial charge in [0.2, 0.25) is 0 Å². The zero-order chi connectivity index (χ0) is 10.6. The minimum atomic E-state index is -3.43. The van der Waals surface area contributed by atoms with Crippen molar-refractivity contribution in [2.45, 2.75) is 6.61 Å². The first-order chi connectivity index (χ1) is 6.51. The molecule has 0 bridgehead atoms. The smallest absolute Gasteiger partial charge is 0.264 e. The van der Waals surface area contributed by atoms with Crippen molar-refractivity contribution in [3.8, 4) is 12.3 Å².